The highest BCUT2D eigenvalue weighted by Gasteiger charge is 2.18. The van der Waals surface area contributed by atoms with Gasteiger partial charge in [0.2, 0.25) is 0 Å². The molecule has 1 aromatic heterocycles. The van der Waals surface area contributed by atoms with Crippen LogP contribution >= 0.6 is 0 Å². The van der Waals surface area contributed by atoms with Crippen LogP contribution in [-0.4, -0.2) is 47.5 Å². The van der Waals surface area contributed by atoms with Gasteiger partial charge in [-0.25, -0.2) is 4.98 Å². The molecule has 1 aliphatic rings. The molecule has 0 bridgehead atoms. The van der Waals surface area contributed by atoms with Gasteiger partial charge in [0.05, 0.1) is 23.8 Å². The first-order valence-electron chi connectivity index (χ1n) is 9.09. The van der Waals surface area contributed by atoms with E-state index >= 15 is 0 Å². The summed E-state index contributed by atoms with van der Waals surface area (Å²) in [6, 6.07) is 23.3. The standard InChI is InChI=1S/C22H22N4/c23-10-11-25-12-14-26(15-13-25)17-20-16-19-8-4-5-9-21(19)24-22(20)18-6-2-1-3-7-18/h1-9,16H,11-15,17H2. The number of rotatable bonds is 4. The molecule has 0 unspecified atom stereocenters. The molecular weight excluding hydrogens is 320 g/mol. The lowest BCUT2D eigenvalue weighted by Gasteiger charge is -2.33. The molecule has 1 saturated heterocycles. The van der Waals surface area contributed by atoms with Gasteiger partial charge >= 0.3 is 0 Å². The molecule has 1 fully saturated rings. The zero-order valence-corrected chi connectivity index (χ0v) is 14.8. The van der Waals surface area contributed by atoms with E-state index in [0.717, 1.165) is 49.5 Å². The van der Waals surface area contributed by atoms with E-state index in [1.807, 2.05) is 12.1 Å². The molecule has 0 atom stereocenters. The van der Waals surface area contributed by atoms with E-state index in [1.54, 1.807) is 0 Å². The third-order valence-corrected chi connectivity index (χ3v) is 5.00. The number of para-hydroxylation sites is 1. The average molecular weight is 342 g/mol. The van der Waals surface area contributed by atoms with Gasteiger partial charge in [0.15, 0.2) is 0 Å². The largest absolute Gasteiger partial charge is 0.296 e. The van der Waals surface area contributed by atoms with Crippen LogP contribution in [0.1, 0.15) is 5.56 Å². The summed E-state index contributed by atoms with van der Waals surface area (Å²) in [5.41, 5.74) is 4.54. The number of piperazine rings is 1. The second-order valence-corrected chi connectivity index (χ2v) is 6.77. The number of benzene rings is 2. The van der Waals surface area contributed by atoms with E-state index in [4.69, 9.17) is 10.2 Å². The van der Waals surface area contributed by atoms with Crippen LogP contribution < -0.4 is 0 Å². The highest BCUT2D eigenvalue weighted by Crippen LogP contribution is 2.27. The number of nitrogens with zero attached hydrogens (tertiary/aromatic N) is 4. The van der Waals surface area contributed by atoms with Gasteiger partial charge in [-0.05, 0) is 17.7 Å². The van der Waals surface area contributed by atoms with Crippen molar-refractivity contribution in [2.24, 2.45) is 0 Å². The normalized spacial score (nSPS) is 15.8. The van der Waals surface area contributed by atoms with E-state index < -0.39 is 0 Å². The fourth-order valence-corrected chi connectivity index (χ4v) is 3.57. The maximum atomic E-state index is 8.87. The van der Waals surface area contributed by atoms with Gasteiger partial charge in [-0.3, -0.25) is 9.80 Å². The quantitative estimate of drug-likeness (QED) is 0.680. The Kier molecular flexibility index (Phi) is 4.92. The monoisotopic (exact) mass is 342 g/mol. The van der Waals surface area contributed by atoms with E-state index in [0.29, 0.717) is 6.54 Å². The lowest BCUT2D eigenvalue weighted by atomic mass is 10.0. The minimum absolute atomic E-state index is 0.528. The summed E-state index contributed by atoms with van der Waals surface area (Å²) < 4.78 is 0. The van der Waals surface area contributed by atoms with Gasteiger partial charge in [-0.2, -0.15) is 5.26 Å². The van der Waals surface area contributed by atoms with Crippen molar-refractivity contribution in [3.63, 3.8) is 0 Å². The Morgan fingerprint density at radius 2 is 1.58 bits per heavy atom. The topological polar surface area (TPSA) is 43.2 Å². The van der Waals surface area contributed by atoms with Crippen LogP contribution in [-0.2, 0) is 6.54 Å². The molecule has 0 saturated carbocycles. The van der Waals surface area contributed by atoms with Crippen molar-refractivity contribution in [1.29, 1.82) is 5.26 Å². The fraction of sp³-hybridized carbons (Fsp3) is 0.273. The van der Waals surface area contributed by atoms with Crippen molar-refractivity contribution in [2.75, 3.05) is 32.7 Å². The van der Waals surface area contributed by atoms with E-state index in [1.165, 1.54) is 10.9 Å². The number of aromatic nitrogens is 1. The Morgan fingerprint density at radius 1 is 0.885 bits per heavy atom. The molecule has 2 heterocycles. The summed E-state index contributed by atoms with van der Waals surface area (Å²) in [7, 11) is 0. The molecule has 0 radical (unpaired) electrons. The molecule has 2 aromatic carbocycles. The van der Waals surface area contributed by atoms with Crippen molar-refractivity contribution in [1.82, 2.24) is 14.8 Å². The van der Waals surface area contributed by atoms with E-state index in [9.17, 15) is 0 Å². The molecule has 4 nitrogen and oxygen atoms in total. The first-order valence-corrected chi connectivity index (χ1v) is 9.09. The molecule has 0 N–H and O–H groups in total. The van der Waals surface area contributed by atoms with Crippen molar-refractivity contribution in [3.05, 3.63) is 66.2 Å². The summed E-state index contributed by atoms with van der Waals surface area (Å²) in [6.07, 6.45) is 0. The van der Waals surface area contributed by atoms with Gasteiger partial charge in [0, 0.05) is 43.7 Å². The molecule has 4 rings (SSSR count). The predicted octanol–water partition coefficient (Wildman–Crippen LogP) is 3.54. The molecule has 1 aliphatic heterocycles. The van der Waals surface area contributed by atoms with Crippen molar-refractivity contribution >= 4 is 10.9 Å². The van der Waals surface area contributed by atoms with Crippen LogP contribution in [0.25, 0.3) is 22.2 Å². The molecular formula is C22H22N4. The van der Waals surface area contributed by atoms with Crippen LogP contribution in [0.3, 0.4) is 0 Å². The minimum Gasteiger partial charge on any atom is -0.296 e. The van der Waals surface area contributed by atoms with E-state index in [2.05, 4.69) is 64.4 Å². The summed E-state index contributed by atoms with van der Waals surface area (Å²) >= 11 is 0. The van der Waals surface area contributed by atoms with Crippen LogP contribution in [0.15, 0.2) is 60.7 Å². The maximum absolute atomic E-state index is 8.87. The molecule has 26 heavy (non-hydrogen) atoms. The van der Waals surface area contributed by atoms with Crippen molar-refractivity contribution < 1.29 is 0 Å². The summed E-state index contributed by atoms with van der Waals surface area (Å²) in [5, 5.41) is 10.1. The van der Waals surface area contributed by atoms with Crippen molar-refractivity contribution in [3.8, 4) is 17.3 Å². The first-order chi connectivity index (χ1) is 12.8. The highest BCUT2D eigenvalue weighted by molar-refractivity contribution is 5.83. The maximum Gasteiger partial charge on any atom is 0.0866 e. The zero-order valence-electron chi connectivity index (χ0n) is 14.8. The first kappa shape index (κ1) is 16.7. The number of nitriles is 1. The average Bonchev–Trinajstić information content (AvgIpc) is 2.70. The number of fused-ring (bicyclic) bond motifs is 1. The third kappa shape index (κ3) is 3.60. The summed E-state index contributed by atoms with van der Waals surface area (Å²) in [6.45, 7) is 5.30. The van der Waals surface area contributed by atoms with Crippen LogP contribution in [0.4, 0.5) is 0 Å². The van der Waals surface area contributed by atoms with Crippen molar-refractivity contribution in [2.45, 2.75) is 6.54 Å². The van der Waals surface area contributed by atoms with Gasteiger partial charge < -0.3 is 0 Å². The second kappa shape index (κ2) is 7.65. The molecule has 0 aliphatic carbocycles. The van der Waals surface area contributed by atoms with Crippen LogP contribution in [0.2, 0.25) is 0 Å². The summed E-state index contributed by atoms with van der Waals surface area (Å²) in [4.78, 5) is 9.66. The van der Waals surface area contributed by atoms with Crippen LogP contribution in [0.5, 0.6) is 0 Å². The number of hydrogen-bond acceptors (Lipinski definition) is 4. The number of pyridine rings is 1. The van der Waals surface area contributed by atoms with Crippen LogP contribution in [0, 0.1) is 11.3 Å². The Labute approximate surface area is 154 Å². The molecule has 0 amide bonds. The Bertz CT molecular complexity index is 922. The predicted molar refractivity (Wildman–Crippen MR) is 105 cm³/mol. The van der Waals surface area contributed by atoms with Gasteiger partial charge in [0.25, 0.3) is 0 Å². The summed E-state index contributed by atoms with van der Waals surface area (Å²) in [5.74, 6) is 0. The second-order valence-electron chi connectivity index (χ2n) is 6.77. The van der Waals surface area contributed by atoms with Gasteiger partial charge in [-0.1, -0.05) is 48.5 Å². The molecule has 130 valence electrons. The smallest absolute Gasteiger partial charge is 0.0866 e. The minimum atomic E-state index is 0.528. The Morgan fingerprint density at radius 3 is 2.35 bits per heavy atom. The molecule has 4 heteroatoms. The van der Waals surface area contributed by atoms with Gasteiger partial charge in [0.1, 0.15) is 0 Å². The number of hydrogen-bond donors (Lipinski definition) is 0. The van der Waals surface area contributed by atoms with Gasteiger partial charge in [-0.15, -0.1) is 0 Å². The SMILES string of the molecule is N#CCN1CCN(Cc2cc3ccccc3nc2-c2ccccc2)CC1. The Balaban J connectivity index is 1.64. The molecule has 3 aromatic rings. The Hall–Kier alpha value is -2.74. The third-order valence-electron chi connectivity index (χ3n) is 5.00. The van der Waals surface area contributed by atoms with E-state index in [-0.39, 0.29) is 0 Å². The molecule has 0 spiro atoms. The lowest BCUT2D eigenvalue weighted by Crippen LogP contribution is -2.45. The lowest BCUT2D eigenvalue weighted by molar-refractivity contribution is 0.138. The fourth-order valence-electron chi connectivity index (χ4n) is 3.57. The highest BCUT2D eigenvalue weighted by atomic mass is 15.3. The zero-order chi connectivity index (χ0) is 17.8.